The smallest absolute Gasteiger partial charge is 0.346 e. The zero-order chi connectivity index (χ0) is 31.0. The second-order valence-electron chi connectivity index (χ2n) is 9.36. The first-order chi connectivity index (χ1) is 19.9. The van der Waals surface area contributed by atoms with Gasteiger partial charge >= 0.3 is 6.18 Å². The molecule has 0 aliphatic rings. The van der Waals surface area contributed by atoms with Gasteiger partial charge in [-0.1, -0.05) is 44.5 Å². The second-order valence-corrected chi connectivity index (χ2v) is 9.74. The quantitative estimate of drug-likeness (QED) is 0.176. The fourth-order valence-electron chi connectivity index (χ4n) is 4.19. The highest BCUT2D eigenvalue weighted by atomic mass is 35.5. The first kappa shape index (κ1) is 32.6. The van der Waals surface area contributed by atoms with E-state index in [0.717, 1.165) is 6.07 Å². The van der Waals surface area contributed by atoms with Crippen LogP contribution < -0.4 is 16.4 Å². The molecule has 2 aromatic heterocycles. The maximum Gasteiger partial charge on any atom is 0.416 e. The highest BCUT2D eigenvalue weighted by molar-refractivity contribution is 6.38. The fraction of sp³-hybridized carbons (Fsp3) is 0.300. The van der Waals surface area contributed by atoms with Crippen LogP contribution in [0, 0.1) is 6.92 Å². The molecular weight excluding hydrogens is 569 g/mol. The van der Waals surface area contributed by atoms with Crippen LogP contribution in [-0.4, -0.2) is 46.3 Å². The average Bonchev–Trinajstić information content (AvgIpc) is 3.45. The van der Waals surface area contributed by atoms with Crippen molar-refractivity contribution in [3.63, 3.8) is 0 Å². The molecule has 5 N–H and O–H groups in total. The number of nitrogens with zero attached hydrogens (tertiary/aromatic N) is 2. The van der Waals surface area contributed by atoms with Gasteiger partial charge in [0.25, 0.3) is 11.8 Å². The molecule has 12 heteroatoms. The Balaban J connectivity index is 0.000000616. The Morgan fingerprint density at radius 3 is 2.29 bits per heavy atom. The molecule has 0 aliphatic heterocycles. The van der Waals surface area contributed by atoms with Crippen molar-refractivity contribution in [3.8, 4) is 0 Å². The lowest BCUT2D eigenvalue weighted by molar-refractivity contribution is -0.138. The number of nitrogens with two attached hydrogens (primary N) is 1. The van der Waals surface area contributed by atoms with Crippen molar-refractivity contribution >= 4 is 45.8 Å². The third kappa shape index (κ3) is 7.87. The lowest BCUT2D eigenvalue weighted by Gasteiger charge is -2.14. The van der Waals surface area contributed by atoms with Gasteiger partial charge < -0.3 is 26.3 Å². The first-order valence-electron chi connectivity index (χ1n) is 13.4. The van der Waals surface area contributed by atoms with Crippen LogP contribution in [0.25, 0.3) is 11.0 Å². The number of benzene rings is 2. The van der Waals surface area contributed by atoms with Crippen molar-refractivity contribution in [2.24, 2.45) is 5.73 Å². The van der Waals surface area contributed by atoms with Gasteiger partial charge in [-0.15, -0.1) is 0 Å². The Kier molecular flexibility index (Phi) is 11.1. The molecule has 2 amide bonds. The Bertz CT molecular complexity index is 1540. The number of pyridine rings is 1. The van der Waals surface area contributed by atoms with E-state index in [4.69, 9.17) is 17.3 Å². The van der Waals surface area contributed by atoms with E-state index in [1.54, 1.807) is 31.3 Å². The van der Waals surface area contributed by atoms with E-state index in [0.29, 0.717) is 22.3 Å². The number of fused-ring (bicyclic) bond motifs is 1. The van der Waals surface area contributed by atoms with Crippen LogP contribution in [0.15, 0.2) is 54.9 Å². The number of rotatable bonds is 8. The summed E-state index contributed by atoms with van der Waals surface area (Å²) in [5.74, 6) is -1.25. The molecular formula is C30H34ClF3N6O2. The van der Waals surface area contributed by atoms with Gasteiger partial charge in [0.15, 0.2) is 0 Å². The highest BCUT2D eigenvalue weighted by Gasteiger charge is 2.33. The lowest BCUT2D eigenvalue weighted by atomic mass is 10.0. The molecule has 0 saturated carbocycles. The van der Waals surface area contributed by atoms with Crippen LogP contribution in [0.4, 0.5) is 24.5 Å². The summed E-state index contributed by atoms with van der Waals surface area (Å²) in [5.41, 5.74) is 6.18. The standard InChI is InChI=1S/C24H19ClF3N5O2.C6H15N/c1-12-2-5-15(32-22(34)13-3-4-14(10-29)18(8-13)24(26,27)28)9-19(12)33-23(35)17-11-31-21-16(20(17)25)6-7-30-21;1-4-7(5-2)6-3/h2-9,11H,10,29H2,1H3,(H,30,31)(H,32,34)(H,33,35);4-6H2,1-3H3. The average molecular weight is 603 g/mol. The number of carbonyl (C=O) groups is 2. The maximum absolute atomic E-state index is 13.3. The molecule has 0 fully saturated rings. The maximum atomic E-state index is 13.3. The third-order valence-corrected chi connectivity index (χ3v) is 7.16. The van der Waals surface area contributed by atoms with Crippen molar-refractivity contribution in [2.45, 2.75) is 40.4 Å². The van der Waals surface area contributed by atoms with Crippen LogP contribution in [0.3, 0.4) is 0 Å². The molecule has 2 heterocycles. The fourth-order valence-corrected chi connectivity index (χ4v) is 4.48. The van der Waals surface area contributed by atoms with E-state index < -0.39 is 23.6 Å². The number of hydrogen-bond donors (Lipinski definition) is 4. The predicted octanol–water partition coefficient (Wildman–Crippen LogP) is 6.85. The number of alkyl halides is 3. The number of H-pyrrole nitrogens is 1. The number of nitrogens with one attached hydrogen (secondary N) is 3. The minimum absolute atomic E-state index is 0.111. The Morgan fingerprint density at radius 2 is 1.69 bits per heavy atom. The van der Waals surface area contributed by atoms with Crippen LogP contribution in [-0.2, 0) is 12.7 Å². The molecule has 0 saturated heterocycles. The summed E-state index contributed by atoms with van der Waals surface area (Å²) in [7, 11) is 0. The third-order valence-electron chi connectivity index (χ3n) is 6.75. The molecule has 2 aromatic carbocycles. The largest absolute Gasteiger partial charge is 0.416 e. The SMILES string of the molecule is CCN(CC)CC.Cc1ccc(NC(=O)c2ccc(CN)c(C(F)(F)F)c2)cc1NC(=O)c1cnc2[nH]ccc2c1Cl. The summed E-state index contributed by atoms with van der Waals surface area (Å²) in [6.45, 7) is 11.6. The number of halogens is 4. The van der Waals surface area contributed by atoms with E-state index in [1.807, 2.05) is 0 Å². The number of aryl methyl sites for hydroxylation is 1. The van der Waals surface area contributed by atoms with Crippen LogP contribution >= 0.6 is 11.6 Å². The Labute approximate surface area is 247 Å². The molecule has 42 heavy (non-hydrogen) atoms. The van der Waals surface area contributed by atoms with Crippen molar-refractivity contribution in [2.75, 3.05) is 30.3 Å². The minimum atomic E-state index is -4.65. The summed E-state index contributed by atoms with van der Waals surface area (Å²) >= 11 is 6.35. The van der Waals surface area contributed by atoms with Gasteiger partial charge in [0.2, 0.25) is 0 Å². The van der Waals surface area contributed by atoms with E-state index in [2.05, 4.69) is 46.3 Å². The van der Waals surface area contributed by atoms with Crippen molar-refractivity contribution in [3.05, 3.63) is 87.7 Å². The van der Waals surface area contributed by atoms with E-state index >= 15 is 0 Å². The summed E-state index contributed by atoms with van der Waals surface area (Å²) in [6, 6.07) is 9.64. The van der Waals surface area contributed by atoms with Crippen molar-refractivity contribution in [1.29, 1.82) is 0 Å². The number of aromatic amines is 1. The molecule has 0 atom stereocenters. The molecule has 0 bridgehead atoms. The number of anilines is 2. The molecule has 224 valence electrons. The van der Waals surface area contributed by atoms with Gasteiger partial charge in [-0.2, -0.15) is 13.2 Å². The number of amides is 2. The molecule has 4 rings (SSSR count). The van der Waals surface area contributed by atoms with Gasteiger partial charge in [-0.05, 0) is 68.0 Å². The van der Waals surface area contributed by atoms with Gasteiger partial charge in [0.05, 0.1) is 16.1 Å². The van der Waals surface area contributed by atoms with E-state index in [1.165, 1.54) is 44.0 Å². The summed E-state index contributed by atoms with van der Waals surface area (Å²) in [4.78, 5) is 35.0. The first-order valence-corrected chi connectivity index (χ1v) is 13.8. The number of aromatic nitrogens is 2. The van der Waals surface area contributed by atoms with Gasteiger partial charge in [-0.25, -0.2) is 4.98 Å². The normalized spacial score (nSPS) is 11.3. The predicted molar refractivity (Wildman–Crippen MR) is 161 cm³/mol. The van der Waals surface area contributed by atoms with Gasteiger partial charge in [0, 0.05) is 41.3 Å². The van der Waals surface area contributed by atoms with Crippen LogP contribution in [0.1, 0.15) is 58.2 Å². The van der Waals surface area contributed by atoms with E-state index in [9.17, 15) is 22.8 Å². The molecule has 0 unspecified atom stereocenters. The lowest BCUT2D eigenvalue weighted by Crippen LogP contribution is -2.21. The molecule has 0 spiro atoms. The Hall–Kier alpha value is -3.93. The monoisotopic (exact) mass is 602 g/mol. The summed E-state index contributed by atoms with van der Waals surface area (Å²) in [5, 5.41) is 6.12. The molecule has 0 radical (unpaired) electrons. The van der Waals surface area contributed by atoms with Crippen LogP contribution in [0.2, 0.25) is 5.02 Å². The molecule has 4 aromatic rings. The van der Waals surface area contributed by atoms with Gasteiger partial charge in [-0.3, -0.25) is 9.59 Å². The van der Waals surface area contributed by atoms with Crippen molar-refractivity contribution < 1.29 is 22.8 Å². The molecule has 0 aliphatic carbocycles. The van der Waals surface area contributed by atoms with Crippen LogP contribution in [0.5, 0.6) is 0 Å². The zero-order valence-electron chi connectivity index (χ0n) is 23.8. The summed E-state index contributed by atoms with van der Waals surface area (Å²) < 4.78 is 40.0. The topological polar surface area (TPSA) is 116 Å². The second kappa shape index (κ2) is 14.3. The highest BCUT2D eigenvalue weighted by Crippen LogP contribution is 2.33. The zero-order valence-corrected chi connectivity index (χ0v) is 24.6. The summed E-state index contributed by atoms with van der Waals surface area (Å²) in [6.07, 6.45) is -1.64. The van der Waals surface area contributed by atoms with Gasteiger partial charge in [0.1, 0.15) is 5.65 Å². The van der Waals surface area contributed by atoms with E-state index in [-0.39, 0.29) is 33.9 Å². The molecule has 8 nitrogen and oxygen atoms in total. The minimum Gasteiger partial charge on any atom is -0.346 e. The number of hydrogen-bond acceptors (Lipinski definition) is 5. The number of carbonyl (C=O) groups excluding carboxylic acids is 2. The Morgan fingerprint density at radius 1 is 1.00 bits per heavy atom. The van der Waals surface area contributed by atoms with Crippen molar-refractivity contribution in [1.82, 2.24) is 14.9 Å².